The van der Waals surface area contributed by atoms with Gasteiger partial charge in [-0.2, -0.15) is 0 Å². The van der Waals surface area contributed by atoms with E-state index in [1.807, 2.05) is 43.3 Å². The van der Waals surface area contributed by atoms with E-state index >= 15 is 0 Å². The Balaban J connectivity index is 1.52. The second-order valence-electron chi connectivity index (χ2n) is 9.28. The van der Waals surface area contributed by atoms with Crippen LogP contribution in [0, 0.1) is 5.92 Å². The van der Waals surface area contributed by atoms with Crippen LogP contribution < -0.4 is 25.2 Å². The van der Waals surface area contributed by atoms with Crippen LogP contribution in [0.15, 0.2) is 42.5 Å². The Morgan fingerprint density at radius 1 is 1.03 bits per heavy atom. The van der Waals surface area contributed by atoms with Crippen molar-refractivity contribution in [2.24, 2.45) is 5.92 Å². The maximum atomic E-state index is 13.2. The minimum Gasteiger partial charge on any atom is -0.495 e. The van der Waals surface area contributed by atoms with Gasteiger partial charge < -0.3 is 25.2 Å². The lowest BCUT2D eigenvalue weighted by Gasteiger charge is -2.38. The number of nitrogens with one attached hydrogen (secondary N) is 2. The molecule has 1 heterocycles. The fraction of sp³-hybridized carbons (Fsp3) is 0.481. The molecule has 2 aromatic rings. The van der Waals surface area contributed by atoms with Crippen molar-refractivity contribution in [1.29, 1.82) is 0 Å². The van der Waals surface area contributed by atoms with Crippen LogP contribution in [-0.4, -0.2) is 51.1 Å². The van der Waals surface area contributed by atoms with Crippen molar-refractivity contribution in [2.75, 3.05) is 48.4 Å². The van der Waals surface area contributed by atoms with E-state index in [1.165, 1.54) is 0 Å². The van der Waals surface area contributed by atoms with Crippen molar-refractivity contribution in [3.05, 3.63) is 48.0 Å². The van der Waals surface area contributed by atoms with Gasteiger partial charge in [-0.25, -0.2) is 0 Å². The van der Waals surface area contributed by atoms with Gasteiger partial charge in [-0.05, 0) is 56.5 Å². The third kappa shape index (κ3) is 5.29. The molecule has 1 atom stereocenters. The summed E-state index contributed by atoms with van der Waals surface area (Å²) in [7, 11) is 1.70. The van der Waals surface area contributed by atoms with E-state index in [1.54, 1.807) is 7.11 Å². The Morgan fingerprint density at radius 2 is 1.71 bits per heavy atom. The minimum absolute atomic E-state index is 0.0534. The molecule has 0 spiro atoms. The monoisotopic (exact) mass is 464 g/mol. The smallest absolute Gasteiger partial charge is 0.253 e. The Morgan fingerprint density at radius 3 is 2.32 bits per heavy atom. The molecule has 7 nitrogen and oxygen atoms in total. The van der Waals surface area contributed by atoms with Crippen LogP contribution in [0.1, 0.15) is 49.9 Å². The zero-order valence-corrected chi connectivity index (χ0v) is 20.5. The summed E-state index contributed by atoms with van der Waals surface area (Å²) in [6, 6.07) is 13.9. The Kier molecular flexibility index (Phi) is 7.60. The first-order chi connectivity index (χ1) is 16.5. The van der Waals surface area contributed by atoms with Crippen LogP contribution >= 0.6 is 0 Å². The number of carbonyl (C=O) groups excluding carboxylic acids is 2. The quantitative estimate of drug-likeness (QED) is 0.610. The molecule has 2 amide bonds. The van der Waals surface area contributed by atoms with Crippen LogP contribution in [0.5, 0.6) is 5.75 Å². The molecule has 2 N–H and O–H groups in total. The zero-order valence-electron chi connectivity index (χ0n) is 20.5. The molecule has 0 aromatic heterocycles. The first-order valence-electron chi connectivity index (χ1n) is 12.4. The number of piperazine rings is 1. The summed E-state index contributed by atoms with van der Waals surface area (Å²) in [6.07, 6.45) is 3.86. The van der Waals surface area contributed by atoms with Crippen molar-refractivity contribution in [3.8, 4) is 5.75 Å². The number of amides is 2. The maximum absolute atomic E-state index is 13.2. The van der Waals surface area contributed by atoms with E-state index in [4.69, 9.17) is 4.74 Å². The summed E-state index contributed by atoms with van der Waals surface area (Å²) in [4.78, 5) is 30.3. The van der Waals surface area contributed by atoms with E-state index in [9.17, 15) is 9.59 Å². The van der Waals surface area contributed by atoms with Crippen molar-refractivity contribution < 1.29 is 14.3 Å². The highest BCUT2D eigenvalue weighted by atomic mass is 16.5. The lowest BCUT2D eigenvalue weighted by Crippen LogP contribution is -2.47. The van der Waals surface area contributed by atoms with Gasteiger partial charge in [0.15, 0.2) is 0 Å². The molecule has 1 aliphatic carbocycles. The lowest BCUT2D eigenvalue weighted by atomic mass is 9.85. The molecular formula is C27H36N4O3. The van der Waals surface area contributed by atoms with Gasteiger partial charge in [0, 0.05) is 49.5 Å². The average Bonchev–Trinajstić information content (AvgIpc) is 2.82. The lowest BCUT2D eigenvalue weighted by molar-refractivity contribution is -0.122. The normalized spacial score (nSPS) is 17.0. The number of nitrogens with zero attached hydrogens (tertiary/aromatic N) is 2. The highest BCUT2D eigenvalue weighted by Gasteiger charge is 2.27. The Hall–Kier alpha value is -3.22. The second-order valence-corrected chi connectivity index (χ2v) is 9.28. The Bertz CT molecular complexity index is 1010. The van der Waals surface area contributed by atoms with Crippen LogP contribution in [-0.2, 0) is 4.79 Å². The number of anilines is 3. The minimum atomic E-state index is -0.101. The molecule has 1 unspecified atom stereocenters. The third-order valence-electron chi connectivity index (χ3n) is 7.02. The van der Waals surface area contributed by atoms with E-state index in [0.29, 0.717) is 11.3 Å². The molecule has 1 saturated heterocycles. The fourth-order valence-electron chi connectivity index (χ4n) is 4.47. The van der Waals surface area contributed by atoms with Gasteiger partial charge >= 0.3 is 0 Å². The molecule has 4 rings (SSSR count). The third-order valence-corrected chi connectivity index (χ3v) is 7.02. The predicted octanol–water partition coefficient (Wildman–Crippen LogP) is 4.29. The molecule has 34 heavy (non-hydrogen) atoms. The fourth-order valence-corrected chi connectivity index (χ4v) is 4.47. The van der Waals surface area contributed by atoms with Crippen molar-refractivity contribution in [3.63, 3.8) is 0 Å². The standard InChI is InChI=1S/C27H36N4O3/c1-4-19(2)28-27(33)22-18-21(29-26(32)20-8-7-9-20)12-13-23(22)30-14-16-31(17-15-30)24-10-5-6-11-25(24)34-3/h5-6,10-13,18-20H,4,7-9,14-17H2,1-3H3,(H,28,33)(H,29,32). The van der Waals surface area contributed by atoms with Gasteiger partial charge in [0.2, 0.25) is 5.91 Å². The zero-order chi connectivity index (χ0) is 24.1. The molecule has 1 aliphatic heterocycles. The SMILES string of the molecule is CCC(C)NC(=O)c1cc(NC(=O)C2CCC2)ccc1N1CCN(c2ccccc2OC)CC1. The van der Waals surface area contributed by atoms with Gasteiger partial charge in [-0.3, -0.25) is 9.59 Å². The van der Waals surface area contributed by atoms with Crippen LogP contribution in [0.2, 0.25) is 0 Å². The summed E-state index contributed by atoms with van der Waals surface area (Å²) in [5, 5.41) is 6.11. The maximum Gasteiger partial charge on any atom is 0.253 e. The summed E-state index contributed by atoms with van der Waals surface area (Å²) in [5.74, 6) is 0.921. The second kappa shape index (κ2) is 10.8. The largest absolute Gasteiger partial charge is 0.495 e. The molecule has 0 bridgehead atoms. The molecule has 182 valence electrons. The van der Waals surface area contributed by atoms with E-state index < -0.39 is 0 Å². The number of methoxy groups -OCH3 is 1. The van der Waals surface area contributed by atoms with Crippen LogP contribution in [0.3, 0.4) is 0 Å². The summed E-state index contributed by atoms with van der Waals surface area (Å²) in [5.41, 5.74) is 3.29. The van der Waals surface area contributed by atoms with Crippen LogP contribution in [0.4, 0.5) is 17.1 Å². The average molecular weight is 465 g/mol. The van der Waals surface area contributed by atoms with Crippen molar-refractivity contribution >= 4 is 28.9 Å². The number of carbonyl (C=O) groups is 2. The number of benzene rings is 2. The molecular weight excluding hydrogens is 428 g/mol. The van der Waals surface area contributed by atoms with Gasteiger partial charge in [-0.15, -0.1) is 0 Å². The molecule has 2 aromatic carbocycles. The topological polar surface area (TPSA) is 73.9 Å². The highest BCUT2D eigenvalue weighted by Crippen LogP contribution is 2.32. The van der Waals surface area contributed by atoms with E-state index in [2.05, 4.69) is 33.4 Å². The van der Waals surface area contributed by atoms with Gasteiger partial charge in [0.05, 0.1) is 18.4 Å². The molecule has 0 radical (unpaired) electrons. The van der Waals surface area contributed by atoms with E-state index in [-0.39, 0.29) is 23.8 Å². The Labute approximate surface area is 202 Å². The van der Waals surface area contributed by atoms with Gasteiger partial charge in [0.1, 0.15) is 5.75 Å². The molecule has 2 fully saturated rings. The summed E-state index contributed by atoms with van der Waals surface area (Å²) < 4.78 is 5.54. The molecule has 2 aliphatic rings. The number of hydrogen-bond donors (Lipinski definition) is 2. The van der Waals surface area contributed by atoms with Crippen LogP contribution in [0.25, 0.3) is 0 Å². The highest BCUT2D eigenvalue weighted by molar-refractivity contribution is 6.02. The number of para-hydroxylation sites is 2. The van der Waals surface area contributed by atoms with Crippen molar-refractivity contribution in [1.82, 2.24) is 5.32 Å². The summed E-state index contributed by atoms with van der Waals surface area (Å²) >= 11 is 0. The van der Waals surface area contributed by atoms with E-state index in [0.717, 1.165) is 69.0 Å². The first-order valence-corrected chi connectivity index (χ1v) is 12.4. The first kappa shape index (κ1) is 23.9. The molecule has 1 saturated carbocycles. The van der Waals surface area contributed by atoms with Gasteiger partial charge in [0.25, 0.3) is 5.91 Å². The summed E-state index contributed by atoms with van der Waals surface area (Å²) in [6.45, 7) is 7.29. The number of hydrogen-bond acceptors (Lipinski definition) is 5. The molecule has 7 heteroatoms. The van der Waals surface area contributed by atoms with Crippen molar-refractivity contribution in [2.45, 2.75) is 45.6 Å². The van der Waals surface area contributed by atoms with Gasteiger partial charge in [-0.1, -0.05) is 25.5 Å². The number of ether oxygens (including phenoxy) is 1. The predicted molar refractivity (Wildman–Crippen MR) is 137 cm³/mol. The number of rotatable bonds is 8.